The number of carbonyl (C=O) groups excluding carboxylic acids is 1. The van der Waals surface area contributed by atoms with Crippen molar-refractivity contribution in [3.05, 3.63) is 0 Å². The van der Waals surface area contributed by atoms with Crippen LogP contribution >= 0.6 is 0 Å². The van der Waals surface area contributed by atoms with Gasteiger partial charge in [0.15, 0.2) is 0 Å². The standard InChI is InChI=1S/C12H21NO5/c1-7-5-8(10(15)16)13(6-9(7)14)11(17)18-12(2,3)4/h7-9,14H,5-6H2,1-4H3,(H,15,16). The average Bonchev–Trinajstić information content (AvgIpc) is 2.18. The third-order valence-electron chi connectivity index (χ3n) is 2.92. The van der Waals surface area contributed by atoms with Crippen molar-refractivity contribution in [3.63, 3.8) is 0 Å². The van der Waals surface area contributed by atoms with Gasteiger partial charge in [-0.25, -0.2) is 9.59 Å². The Labute approximate surface area is 107 Å². The van der Waals surface area contributed by atoms with Gasteiger partial charge in [-0.05, 0) is 33.1 Å². The Balaban J connectivity index is 2.82. The Kier molecular flexibility index (Phi) is 4.21. The van der Waals surface area contributed by atoms with Crippen LogP contribution in [0.2, 0.25) is 0 Å². The summed E-state index contributed by atoms with van der Waals surface area (Å²) in [4.78, 5) is 24.2. The number of rotatable bonds is 1. The number of carboxylic acids is 1. The normalized spacial score (nSPS) is 28.9. The molecule has 6 heteroatoms. The monoisotopic (exact) mass is 259 g/mol. The fraction of sp³-hybridized carbons (Fsp3) is 0.833. The number of aliphatic hydroxyl groups is 1. The maximum Gasteiger partial charge on any atom is 0.411 e. The largest absolute Gasteiger partial charge is 0.480 e. The van der Waals surface area contributed by atoms with Crippen LogP contribution in [0.15, 0.2) is 0 Å². The van der Waals surface area contributed by atoms with E-state index in [1.54, 1.807) is 27.7 Å². The van der Waals surface area contributed by atoms with Gasteiger partial charge in [-0.3, -0.25) is 4.90 Å². The second-order valence-electron chi connectivity index (χ2n) is 5.77. The van der Waals surface area contributed by atoms with Gasteiger partial charge in [0.25, 0.3) is 0 Å². The summed E-state index contributed by atoms with van der Waals surface area (Å²) in [7, 11) is 0. The summed E-state index contributed by atoms with van der Waals surface area (Å²) in [6.07, 6.45) is -1.18. The molecule has 0 saturated carbocycles. The van der Waals surface area contributed by atoms with Crippen molar-refractivity contribution in [2.75, 3.05) is 6.54 Å². The number of likely N-dealkylation sites (tertiary alicyclic amines) is 1. The van der Waals surface area contributed by atoms with Crippen LogP contribution in [0.5, 0.6) is 0 Å². The van der Waals surface area contributed by atoms with Crippen molar-refractivity contribution in [1.82, 2.24) is 4.90 Å². The summed E-state index contributed by atoms with van der Waals surface area (Å²) in [5, 5.41) is 18.9. The first-order valence-electron chi connectivity index (χ1n) is 6.02. The maximum atomic E-state index is 11.9. The number of nitrogens with zero attached hydrogens (tertiary/aromatic N) is 1. The zero-order valence-corrected chi connectivity index (χ0v) is 11.2. The van der Waals surface area contributed by atoms with Crippen molar-refractivity contribution < 1.29 is 24.5 Å². The lowest BCUT2D eigenvalue weighted by molar-refractivity contribution is -0.147. The number of aliphatic carboxylic acids is 1. The predicted octanol–water partition coefficient (Wildman–Crippen LogP) is 1.08. The van der Waals surface area contributed by atoms with E-state index in [4.69, 9.17) is 9.84 Å². The summed E-state index contributed by atoms with van der Waals surface area (Å²) >= 11 is 0. The SMILES string of the molecule is CC1CC(C(=O)O)N(C(=O)OC(C)(C)C)CC1O. The lowest BCUT2D eigenvalue weighted by atomic mass is 9.90. The lowest BCUT2D eigenvalue weighted by Crippen LogP contribution is -2.55. The summed E-state index contributed by atoms with van der Waals surface area (Å²) in [5.41, 5.74) is -0.686. The molecule has 0 bridgehead atoms. The molecule has 1 fully saturated rings. The average molecular weight is 259 g/mol. The molecule has 2 N–H and O–H groups in total. The minimum absolute atomic E-state index is 0.00690. The van der Waals surface area contributed by atoms with E-state index in [1.165, 1.54) is 0 Å². The van der Waals surface area contributed by atoms with Gasteiger partial charge < -0.3 is 14.9 Å². The topological polar surface area (TPSA) is 87.1 Å². The van der Waals surface area contributed by atoms with E-state index in [1.807, 2.05) is 0 Å². The van der Waals surface area contributed by atoms with Crippen LogP contribution < -0.4 is 0 Å². The molecule has 6 nitrogen and oxygen atoms in total. The molecule has 3 unspecified atom stereocenters. The molecule has 18 heavy (non-hydrogen) atoms. The quantitative estimate of drug-likeness (QED) is 0.735. The zero-order valence-electron chi connectivity index (χ0n) is 11.2. The van der Waals surface area contributed by atoms with Crippen LogP contribution in [-0.4, -0.2) is 51.5 Å². The fourth-order valence-electron chi connectivity index (χ4n) is 1.90. The first-order valence-corrected chi connectivity index (χ1v) is 6.02. The molecule has 104 valence electrons. The number of hydrogen-bond donors (Lipinski definition) is 2. The minimum Gasteiger partial charge on any atom is -0.480 e. The highest BCUT2D eigenvalue weighted by atomic mass is 16.6. The number of carboxylic acid groups (broad SMARTS) is 1. The Hall–Kier alpha value is -1.30. The molecular formula is C12H21NO5. The molecule has 0 aromatic carbocycles. The molecule has 3 atom stereocenters. The number of aliphatic hydroxyl groups excluding tert-OH is 1. The van der Waals surface area contributed by atoms with Crippen LogP contribution in [0.1, 0.15) is 34.1 Å². The van der Waals surface area contributed by atoms with E-state index in [2.05, 4.69) is 0 Å². The van der Waals surface area contributed by atoms with E-state index < -0.39 is 29.8 Å². The first kappa shape index (κ1) is 14.8. The van der Waals surface area contributed by atoms with Crippen molar-refractivity contribution in [2.45, 2.75) is 51.9 Å². The Morgan fingerprint density at radius 3 is 2.33 bits per heavy atom. The summed E-state index contributed by atoms with van der Waals surface area (Å²) in [5.74, 6) is -1.22. The molecule has 1 rings (SSSR count). The van der Waals surface area contributed by atoms with Gasteiger partial charge in [0.1, 0.15) is 11.6 Å². The van der Waals surface area contributed by atoms with Crippen molar-refractivity contribution in [1.29, 1.82) is 0 Å². The molecular weight excluding hydrogens is 238 g/mol. The first-order chi connectivity index (χ1) is 8.11. The van der Waals surface area contributed by atoms with Gasteiger partial charge in [0.2, 0.25) is 0 Å². The molecule has 0 aromatic rings. The molecule has 1 heterocycles. The van der Waals surface area contributed by atoms with Crippen LogP contribution in [-0.2, 0) is 9.53 Å². The molecule has 0 radical (unpaired) electrons. The molecule has 1 amide bonds. The van der Waals surface area contributed by atoms with E-state index in [0.29, 0.717) is 0 Å². The third-order valence-corrected chi connectivity index (χ3v) is 2.92. The van der Waals surface area contributed by atoms with Crippen LogP contribution in [0, 0.1) is 5.92 Å². The van der Waals surface area contributed by atoms with E-state index in [9.17, 15) is 14.7 Å². The molecule has 1 aliphatic rings. The molecule has 0 aromatic heterocycles. The summed E-state index contributed by atoms with van der Waals surface area (Å²) in [6, 6.07) is -0.932. The van der Waals surface area contributed by atoms with Gasteiger partial charge in [-0.15, -0.1) is 0 Å². The van der Waals surface area contributed by atoms with Crippen LogP contribution in [0.25, 0.3) is 0 Å². The highest BCUT2D eigenvalue weighted by Gasteiger charge is 2.40. The zero-order chi connectivity index (χ0) is 14.1. The van der Waals surface area contributed by atoms with Gasteiger partial charge >= 0.3 is 12.1 Å². The number of piperidine rings is 1. The van der Waals surface area contributed by atoms with E-state index >= 15 is 0 Å². The van der Waals surface area contributed by atoms with E-state index in [-0.39, 0.29) is 18.9 Å². The van der Waals surface area contributed by atoms with Crippen molar-refractivity contribution in [3.8, 4) is 0 Å². The van der Waals surface area contributed by atoms with Crippen LogP contribution in [0.4, 0.5) is 4.79 Å². The Morgan fingerprint density at radius 2 is 1.89 bits per heavy atom. The van der Waals surface area contributed by atoms with Gasteiger partial charge in [-0.2, -0.15) is 0 Å². The minimum atomic E-state index is -1.07. The summed E-state index contributed by atoms with van der Waals surface area (Å²) < 4.78 is 5.15. The number of ether oxygens (including phenoxy) is 1. The molecule has 1 aliphatic heterocycles. The number of β-amino-alcohol motifs (C(OH)–C–C–N with tert-alkyl or cyclic N) is 1. The summed E-state index contributed by atoms with van der Waals surface area (Å²) in [6.45, 7) is 6.90. The van der Waals surface area contributed by atoms with Gasteiger partial charge in [0.05, 0.1) is 12.6 Å². The molecule has 1 saturated heterocycles. The molecule has 0 spiro atoms. The van der Waals surface area contributed by atoms with Crippen molar-refractivity contribution in [2.24, 2.45) is 5.92 Å². The highest BCUT2D eigenvalue weighted by molar-refractivity contribution is 5.80. The Bertz CT molecular complexity index is 336. The Morgan fingerprint density at radius 1 is 1.33 bits per heavy atom. The van der Waals surface area contributed by atoms with E-state index in [0.717, 1.165) is 4.90 Å². The van der Waals surface area contributed by atoms with Crippen molar-refractivity contribution >= 4 is 12.1 Å². The number of carbonyl (C=O) groups is 2. The lowest BCUT2D eigenvalue weighted by Gasteiger charge is -2.39. The molecule has 0 aliphatic carbocycles. The highest BCUT2D eigenvalue weighted by Crippen LogP contribution is 2.25. The second kappa shape index (κ2) is 5.14. The predicted molar refractivity (Wildman–Crippen MR) is 64.2 cm³/mol. The number of amides is 1. The smallest absolute Gasteiger partial charge is 0.411 e. The van der Waals surface area contributed by atoms with Gasteiger partial charge in [0, 0.05) is 0 Å². The van der Waals surface area contributed by atoms with Gasteiger partial charge in [-0.1, -0.05) is 6.92 Å². The number of hydrogen-bond acceptors (Lipinski definition) is 4. The second-order valence-corrected chi connectivity index (χ2v) is 5.77. The van der Waals surface area contributed by atoms with Crippen LogP contribution in [0.3, 0.4) is 0 Å². The fourth-order valence-corrected chi connectivity index (χ4v) is 1.90. The maximum absolute atomic E-state index is 11.9. The third kappa shape index (κ3) is 3.60.